The van der Waals surface area contributed by atoms with E-state index in [0.717, 1.165) is 0 Å². The summed E-state index contributed by atoms with van der Waals surface area (Å²) in [5, 5.41) is 19.5. The zero-order chi connectivity index (χ0) is 12.0. The van der Waals surface area contributed by atoms with Gasteiger partial charge in [0, 0.05) is 13.7 Å². The van der Waals surface area contributed by atoms with Crippen molar-refractivity contribution in [2.75, 3.05) is 25.6 Å². The first-order valence-electron chi connectivity index (χ1n) is 4.60. The Labute approximate surface area is 103 Å². The van der Waals surface area contributed by atoms with Crippen LogP contribution in [-0.2, 0) is 4.74 Å². The highest BCUT2D eigenvalue weighted by Crippen LogP contribution is 2.16. The molecule has 0 aliphatic rings. The second-order valence-electron chi connectivity index (χ2n) is 3.04. The van der Waals surface area contributed by atoms with Crippen molar-refractivity contribution in [1.82, 2.24) is 15.2 Å². The SMILES string of the molecule is COCC(O)CCNc1nc(Cl)nnc1Cl. The lowest BCUT2D eigenvalue weighted by molar-refractivity contribution is 0.0615. The molecule has 0 radical (unpaired) electrons. The van der Waals surface area contributed by atoms with E-state index in [0.29, 0.717) is 18.8 Å². The molecule has 0 saturated heterocycles. The van der Waals surface area contributed by atoms with Crippen molar-refractivity contribution in [1.29, 1.82) is 0 Å². The van der Waals surface area contributed by atoms with E-state index < -0.39 is 6.10 Å². The van der Waals surface area contributed by atoms with E-state index in [1.54, 1.807) is 0 Å². The number of rotatable bonds is 6. The maximum Gasteiger partial charge on any atom is 0.245 e. The van der Waals surface area contributed by atoms with Crippen molar-refractivity contribution in [3.05, 3.63) is 10.4 Å². The average molecular weight is 267 g/mol. The molecule has 0 amide bonds. The van der Waals surface area contributed by atoms with Crippen LogP contribution in [0.2, 0.25) is 10.4 Å². The van der Waals surface area contributed by atoms with Crippen molar-refractivity contribution in [3.63, 3.8) is 0 Å². The van der Waals surface area contributed by atoms with Gasteiger partial charge in [-0.1, -0.05) is 11.6 Å². The normalized spacial score (nSPS) is 12.5. The Kier molecular flexibility index (Phi) is 5.68. The molecule has 0 bridgehead atoms. The van der Waals surface area contributed by atoms with Gasteiger partial charge in [-0.05, 0) is 18.0 Å². The molecule has 1 aromatic rings. The summed E-state index contributed by atoms with van der Waals surface area (Å²) in [5.41, 5.74) is 0. The number of aliphatic hydroxyl groups is 1. The zero-order valence-corrected chi connectivity index (χ0v) is 10.2. The number of ether oxygens (including phenoxy) is 1. The molecule has 16 heavy (non-hydrogen) atoms. The monoisotopic (exact) mass is 266 g/mol. The third kappa shape index (κ3) is 4.44. The molecule has 1 aromatic heterocycles. The van der Waals surface area contributed by atoms with Gasteiger partial charge >= 0.3 is 0 Å². The zero-order valence-electron chi connectivity index (χ0n) is 8.65. The van der Waals surface area contributed by atoms with E-state index in [2.05, 4.69) is 20.5 Å². The van der Waals surface area contributed by atoms with Gasteiger partial charge in [0.1, 0.15) is 0 Å². The molecule has 1 rings (SSSR count). The van der Waals surface area contributed by atoms with Gasteiger partial charge < -0.3 is 15.2 Å². The number of aromatic nitrogens is 3. The lowest BCUT2D eigenvalue weighted by Gasteiger charge is -2.10. The maximum atomic E-state index is 9.38. The summed E-state index contributed by atoms with van der Waals surface area (Å²) >= 11 is 11.3. The quantitative estimate of drug-likeness (QED) is 0.800. The van der Waals surface area contributed by atoms with Crippen LogP contribution in [0.1, 0.15) is 6.42 Å². The fraction of sp³-hybridized carbons (Fsp3) is 0.625. The highest BCUT2D eigenvalue weighted by molar-refractivity contribution is 6.32. The third-order valence-electron chi connectivity index (χ3n) is 1.75. The number of nitrogens with one attached hydrogen (secondary N) is 1. The molecule has 0 spiro atoms. The van der Waals surface area contributed by atoms with E-state index in [-0.39, 0.29) is 17.0 Å². The van der Waals surface area contributed by atoms with Crippen LogP contribution in [0.4, 0.5) is 5.82 Å². The number of halogens is 2. The highest BCUT2D eigenvalue weighted by atomic mass is 35.5. The van der Waals surface area contributed by atoms with Gasteiger partial charge in [-0.25, -0.2) is 0 Å². The van der Waals surface area contributed by atoms with Crippen LogP contribution in [0.25, 0.3) is 0 Å². The smallest absolute Gasteiger partial charge is 0.245 e. The molecule has 1 heterocycles. The first-order valence-corrected chi connectivity index (χ1v) is 5.35. The Morgan fingerprint density at radius 2 is 2.19 bits per heavy atom. The predicted molar refractivity (Wildman–Crippen MR) is 60.8 cm³/mol. The fourth-order valence-corrected chi connectivity index (χ4v) is 1.31. The molecular weight excluding hydrogens is 255 g/mol. The molecule has 6 nitrogen and oxygen atoms in total. The molecule has 0 aliphatic carbocycles. The molecule has 1 atom stereocenters. The van der Waals surface area contributed by atoms with E-state index in [4.69, 9.17) is 27.9 Å². The summed E-state index contributed by atoms with van der Waals surface area (Å²) in [6.45, 7) is 0.775. The van der Waals surface area contributed by atoms with Crippen molar-refractivity contribution >= 4 is 29.0 Å². The van der Waals surface area contributed by atoms with Crippen LogP contribution >= 0.6 is 23.2 Å². The Balaban J connectivity index is 2.39. The summed E-state index contributed by atoms with van der Waals surface area (Å²) in [6.07, 6.45) is -0.0206. The van der Waals surface area contributed by atoms with Crippen LogP contribution in [0.15, 0.2) is 0 Å². The van der Waals surface area contributed by atoms with Gasteiger partial charge in [-0.3, -0.25) is 0 Å². The molecule has 0 aromatic carbocycles. The lowest BCUT2D eigenvalue weighted by atomic mass is 10.3. The van der Waals surface area contributed by atoms with Gasteiger partial charge in [0.15, 0.2) is 11.0 Å². The van der Waals surface area contributed by atoms with E-state index >= 15 is 0 Å². The van der Waals surface area contributed by atoms with Crippen LogP contribution in [0.5, 0.6) is 0 Å². The lowest BCUT2D eigenvalue weighted by Crippen LogP contribution is -2.19. The van der Waals surface area contributed by atoms with Crippen LogP contribution in [-0.4, -0.2) is 46.7 Å². The van der Waals surface area contributed by atoms with Crippen molar-refractivity contribution in [3.8, 4) is 0 Å². The molecule has 0 fully saturated rings. The molecule has 1 unspecified atom stereocenters. The Morgan fingerprint density at radius 3 is 2.88 bits per heavy atom. The number of methoxy groups -OCH3 is 1. The number of hydrogen-bond donors (Lipinski definition) is 2. The van der Waals surface area contributed by atoms with Gasteiger partial charge in [0.2, 0.25) is 5.28 Å². The van der Waals surface area contributed by atoms with Crippen LogP contribution in [0, 0.1) is 0 Å². The number of anilines is 1. The first kappa shape index (κ1) is 13.4. The van der Waals surface area contributed by atoms with Gasteiger partial charge in [0.05, 0.1) is 12.7 Å². The molecule has 2 N–H and O–H groups in total. The van der Waals surface area contributed by atoms with Crippen molar-refractivity contribution in [2.45, 2.75) is 12.5 Å². The summed E-state index contributed by atoms with van der Waals surface area (Å²) in [7, 11) is 1.53. The standard InChI is InChI=1S/C8H12Cl2N4O2/c1-16-4-5(15)2-3-11-7-6(9)13-14-8(10)12-7/h5,15H,2-4H2,1H3,(H,11,12,14). The summed E-state index contributed by atoms with van der Waals surface area (Å²) < 4.78 is 4.79. The minimum Gasteiger partial charge on any atom is -0.391 e. The Morgan fingerprint density at radius 1 is 1.44 bits per heavy atom. The first-order chi connectivity index (χ1) is 7.63. The van der Waals surface area contributed by atoms with Crippen LogP contribution in [0.3, 0.4) is 0 Å². The summed E-state index contributed by atoms with van der Waals surface area (Å²) in [6, 6.07) is 0. The molecular formula is C8H12Cl2N4O2. The summed E-state index contributed by atoms with van der Waals surface area (Å²) in [5.74, 6) is 0.353. The Hall–Kier alpha value is -0.690. The largest absolute Gasteiger partial charge is 0.391 e. The van der Waals surface area contributed by atoms with Gasteiger partial charge in [-0.2, -0.15) is 4.98 Å². The highest BCUT2D eigenvalue weighted by Gasteiger charge is 2.07. The predicted octanol–water partition coefficient (Wildman–Crippen LogP) is 0.988. The second kappa shape index (κ2) is 6.80. The Bertz CT molecular complexity index is 340. The molecule has 0 aliphatic heterocycles. The molecule has 0 saturated carbocycles. The molecule has 8 heteroatoms. The van der Waals surface area contributed by atoms with E-state index in [1.165, 1.54) is 7.11 Å². The van der Waals surface area contributed by atoms with E-state index in [9.17, 15) is 5.11 Å². The van der Waals surface area contributed by atoms with Gasteiger partial charge in [0.25, 0.3) is 0 Å². The topological polar surface area (TPSA) is 80.2 Å². The molecule has 90 valence electrons. The second-order valence-corrected chi connectivity index (χ2v) is 3.74. The van der Waals surface area contributed by atoms with E-state index in [1.807, 2.05) is 0 Å². The minimum atomic E-state index is -0.526. The number of aliphatic hydroxyl groups excluding tert-OH is 1. The average Bonchev–Trinajstić information content (AvgIpc) is 2.23. The van der Waals surface area contributed by atoms with Crippen LogP contribution < -0.4 is 5.32 Å². The van der Waals surface area contributed by atoms with Crippen molar-refractivity contribution in [2.24, 2.45) is 0 Å². The third-order valence-corrected chi connectivity index (χ3v) is 2.16. The number of hydrogen-bond acceptors (Lipinski definition) is 6. The van der Waals surface area contributed by atoms with Crippen molar-refractivity contribution < 1.29 is 9.84 Å². The number of nitrogens with zero attached hydrogens (tertiary/aromatic N) is 3. The summed E-state index contributed by atoms with van der Waals surface area (Å²) in [4.78, 5) is 3.85. The minimum absolute atomic E-state index is 0.0179. The maximum absolute atomic E-state index is 9.38. The fourth-order valence-electron chi connectivity index (χ4n) is 1.04. The van der Waals surface area contributed by atoms with Gasteiger partial charge in [-0.15, -0.1) is 10.2 Å².